The van der Waals surface area contributed by atoms with Crippen molar-refractivity contribution in [3.63, 3.8) is 0 Å². The molecular weight excluding hydrogens is 730 g/mol. The number of hydrogen-bond donors (Lipinski definition) is 3. The van der Waals surface area contributed by atoms with E-state index in [1.807, 2.05) is 4.90 Å². The lowest BCUT2D eigenvalue weighted by Gasteiger charge is -2.33. The van der Waals surface area contributed by atoms with E-state index in [-0.39, 0.29) is 49.0 Å². The van der Waals surface area contributed by atoms with Crippen LogP contribution in [0, 0.1) is 0 Å². The number of amides is 4. The molecule has 0 aromatic rings. The molecule has 0 spiro atoms. The average molecular weight is 811 g/mol. The van der Waals surface area contributed by atoms with Gasteiger partial charge in [0.15, 0.2) is 0 Å². The fourth-order valence-electron chi connectivity index (χ4n) is 8.80. The number of likely N-dealkylation sites (tertiary alicyclic amines) is 2. The molecule has 324 valence electrons. The maximum atomic E-state index is 14.2. The zero-order chi connectivity index (χ0) is 39.7. The van der Waals surface area contributed by atoms with Gasteiger partial charge < -0.3 is 30.4 Å². The number of carbonyl (C=O) groups excluding carboxylic acids is 4. The van der Waals surface area contributed by atoms with E-state index in [0.29, 0.717) is 45.4 Å². The Morgan fingerprint density at radius 1 is 0.643 bits per heavy atom. The molecule has 0 aromatic carbocycles. The molecule has 4 amide bonds. The minimum atomic E-state index is -1.01. The third-order valence-corrected chi connectivity index (χ3v) is 12.2. The Balaban J connectivity index is 0.0000108. The van der Waals surface area contributed by atoms with Crippen LogP contribution in [0.5, 0.6) is 0 Å². The van der Waals surface area contributed by atoms with Gasteiger partial charge in [0.05, 0.1) is 6.04 Å². The zero-order valence-electron chi connectivity index (χ0n) is 35.4. The summed E-state index contributed by atoms with van der Waals surface area (Å²) in [5.41, 5.74) is 0. The molecule has 3 heterocycles. The van der Waals surface area contributed by atoms with Crippen LogP contribution in [-0.2, 0) is 24.0 Å². The molecule has 0 aliphatic carbocycles. The first-order valence-corrected chi connectivity index (χ1v) is 22.9. The van der Waals surface area contributed by atoms with Crippen molar-refractivity contribution in [3.05, 3.63) is 0 Å². The molecule has 11 nitrogen and oxygen atoms in total. The predicted molar refractivity (Wildman–Crippen MR) is 227 cm³/mol. The minimum absolute atomic E-state index is 0. The molecule has 12 heteroatoms. The van der Waals surface area contributed by atoms with Gasteiger partial charge in [0, 0.05) is 32.6 Å². The fraction of sp³-hybridized carbons (Fsp3) is 0.886. The Bertz CT molecular complexity index is 1110. The van der Waals surface area contributed by atoms with Gasteiger partial charge in [-0.15, -0.1) is 12.4 Å². The number of carboxylic acids is 1. The minimum Gasteiger partial charge on any atom is -0.481 e. The second-order valence-corrected chi connectivity index (χ2v) is 16.7. The number of hydrogen-bond acceptors (Lipinski definition) is 6. The Morgan fingerprint density at radius 2 is 1.11 bits per heavy atom. The topological polar surface area (TPSA) is 139 Å². The van der Waals surface area contributed by atoms with Gasteiger partial charge in [0.25, 0.3) is 0 Å². The van der Waals surface area contributed by atoms with Crippen molar-refractivity contribution in [1.82, 2.24) is 25.3 Å². The smallest absolute Gasteiger partial charge is 0.303 e. The monoisotopic (exact) mass is 810 g/mol. The summed E-state index contributed by atoms with van der Waals surface area (Å²) < 4.78 is 0. The van der Waals surface area contributed by atoms with Crippen LogP contribution in [0.4, 0.5) is 0 Å². The van der Waals surface area contributed by atoms with Crippen molar-refractivity contribution >= 4 is 42.0 Å². The highest BCUT2D eigenvalue weighted by atomic mass is 35.5. The van der Waals surface area contributed by atoms with Crippen molar-refractivity contribution in [1.29, 1.82) is 0 Å². The molecule has 3 fully saturated rings. The highest BCUT2D eigenvalue weighted by Gasteiger charge is 2.44. The number of halogens is 1. The Labute approximate surface area is 346 Å². The number of rotatable bonds is 30. The van der Waals surface area contributed by atoms with Gasteiger partial charge in [0.2, 0.25) is 23.6 Å². The number of nitrogens with zero attached hydrogens (tertiary/aromatic N) is 3. The molecule has 0 aromatic heterocycles. The van der Waals surface area contributed by atoms with Crippen molar-refractivity contribution in [3.8, 4) is 0 Å². The van der Waals surface area contributed by atoms with Crippen LogP contribution in [0.2, 0.25) is 0 Å². The van der Waals surface area contributed by atoms with Gasteiger partial charge in [-0.2, -0.15) is 0 Å². The van der Waals surface area contributed by atoms with E-state index in [2.05, 4.69) is 24.5 Å². The Kier molecular flexibility index (Phi) is 26.4. The molecule has 56 heavy (non-hydrogen) atoms. The van der Waals surface area contributed by atoms with E-state index >= 15 is 0 Å². The summed E-state index contributed by atoms with van der Waals surface area (Å²) in [6.07, 6.45) is 28.0. The standard InChI is InChI=1S/C44H79N5O6.ClH/c1-3-5-7-9-11-13-15-17-19-21-32-47(33-22-20-18-16-14-12-10-8-6-4-2)42(53)37(29-30-40(50)51)46-41(52)38-27-24-34-48(38)44(55)39-28-25-35-49(39)43(54)36-26-23-31-45-36;/h36-39,45H,3-35H2,1-2H3,(H,46,52)(H,50,51);1H/t36-,37-,38-,39-;/m0./s1. The lowest BCUT2D eigenvalue weighted by atomic mass is 10.0. The molecule has 0 bridgehead atoms. The lowest BCUT2D eigenvalue weighted by molar-refractivity contribution is -0.148. The largest absolute Gasteiger partial charge is 0.481 e. The van der Waals surface area contributed by atoms with E-state index in [4.69, 9.17) is 0 Å². The van der Waals surface area contributed by atoms with E-state index in [9.17, 15) is 29.1 Å². The van der Waals surface area contributed by atoms with Crippen LogP contribution in [-0.4, -0.2) is 106 Å². The third kappa shape index (κ3) is 18.0. The summed E-state index contributed by atoms with van der Waals surface area (Å²) in [7, 11) is 0. The zero-order valence-corrected chi connectivity index (χ0v) is 36.2. The quantitative estimate of drug-likeness (QED) is 0.0623. The molecule has 0 unspecified atom stereocenters. The number of aliphatic carboxylic acids is 1. The van der Waals surface area contributed by atoms with Crippen LogP contribution < -0.4 is 10.6 Å². The first-order valence-electron chi connectivity index (χ1n) is 22.9. The Morgan fingerprint density at radius 3 is 1.57 bits per heavy atom. The highest BCUT2D eigenvalue weighted by Crippen LogP contribution is 2.27. The van der Waals surface area contributed by atoms with Crippen molar-refractivity contribution < 1.29 is 29.1 Å². The van der Waals surface area contributed by atoms with E-state index in [1.165, 1.54) is 89.9 Å². The first kappa shape index (κ1) is 49.7. The SMILES string of the molecule is CCCCCCCCCCCCN(CCCCCCCCCCCC)C(=O)[C@H](CCC(=O)O)NC(=O)[C@@H]1CCCN1C(=O)[C@@H]1CCCN1C(=O)[C@@H]1CCCN1.Cl. The average Bonchev–Trinajstić information content (AvgIpc) is 3.99. The van der Waals surface area contributed by atoms with Crippen LogP contribution in [0.25, 0.3) is 0 Å². The summed E-state index contributed by atoms with van der Waals surface area (Å²) >= 11 is 0. The second-order valence-electron chi connectivity index (χ2n) is 16.7. The first-order chi connectivity index (χ1) is 26.8. The van der Waals surface area contributed by atoms with Crippen LogP contribution in [0.3, 0.4) is 0 Å². The molecule has 3 saturated heterocycles. The van der Waals surface area contributed by atoms with Gasteiger partial charge in [-0.1, -0.05) is 129 Å². The fourth-order valence-corrected chi connectivity index (χ4v) is 8.80. The number of carboxylic acid groups (broad SMARTS) is 1. The van der Waals surface area contributed by atoms with Crippen LogP contribution in [0.1, 0.15) is 194 Å². The van der Waals surface area contributed by atoms with Gasteiger partial charge in [0.1, 0.15) is 18.1 Å². The lowest BCUT2D eigenvalue weighted by Crippen LogP contribution is -2.57. The number of carbonyl (C=O) groups is 5. The van der Waals surface area contributed by atoms with Crippen LogP contribution >= 0.6 is 12.4 Å². The number of unbranched alkanes of at least 4 members (excludes halogenated alkanes) is 18. The molecule has 0 radical (unpaired) electrons. The summed E-state index contributed by atoms with van der Waals surface area (Å²) in [5.74, 6) is -1.85. The highest BCUT2D eigenvalue weighted by molar-refractivity contribution is 5.95. The third-order valence-electron chi connectivity index (χ3n) is 12.2. The molecule has 3 aliphatic heterocycles. The van der Waals surface area contributed by atoms with E-state index < -0.39 is 30.0 Å². The molecule has 4 atom stereocenters. The second kappa shape index (κ2) is 29.8. The maximum Gasteiger partial charge on any atom is 0.303 e. The van der Waals surface area contributed by atoms with Crippen molar-refractivity contribution in [2.75, 3.05) is 32.7 Å². The van der Waals surface area contributed by atoms with Gasteiger partial charge in [-0.05, 0) is 64.3 Å². The summed E-state index contributed by atoms with van der Waals surface area (Å²) in [4.78, 5) is 72.4. The number of nitrogens with one attached hydrogen (secondary N) is 2. The summed E-state index contributed by atoms with van der Waals surface area (Å²) in [5, 5.41) is 15.8. The molecule has 3 rings (SSSR count). The molecule has 3 aliphatic rings. The van der Waals surface area contributed by atoms with E-state index in [1.54, 1.807) is 9.80 Å². The van der Waals surface area contributed by atoms with Crippen molar-refractivity contribution in [2.24, 2.45) is 0 Å². The normalized spacial score (nSPS) is 19.9. The van der Waals surface area contributed by atoms with Gasteiger partial charge in [-0.3, -0.25) is 24.0 Å². The van der Waals surface area contributed by atoms with Crippen LogP contribution in [0.15, 0.2) is 0 Å². The van der Waals surface area contributed by atoms with E-state index in [0.717, 1.165) is 64.3 Å². The van der Waals surface area contributed by atoms with Crippen molar-refractivity contribution in [2.45, 2.75) is 218 Å². The molecular formula is C44H80ClN5O6. The van der Waals surface area contributed by atoms with Gasteiger partial charge >= 0.3 is 5.97 Å². The maximum absolute atomic E-state index is 14.2. The molecule has 0 saturated carbocycles. The Hall–Kier alpha value is -2.40. The molecule has 3 N–H and O–H groups in total. The predicted octanol–water partition coefficient (Wildman–Crippen LogP) is 8.16. The summed E-state index contributed by atoms with van der Waals surface area (Å²) in [6, 6.07) is -2.54. The van der Waals surface area contributed by atoms with Gasteiger partial charge in [-0.25, -0.2) is 0 Å². The summed E-state index contributed by atoms with van der Waals surface area (Å²) in [6.45, 7) is 7.44.